The first-order valence-corrected chi connectivity index (χ1v) is 31.6. The molecule has 6 saturated heterocycles. The summed E-state index contributed by atoms with van der Waals surface area (Å²) in [5, 5.41) is 13.4. The van der Waals surface area contributed by atoms with Crippen LogP contribution in [0.4, 0.5) is 0 Å². The lowest BCUT2D eigenvalue weighted by atomic mass is 9.89. The van der Waals surface area contributed by atoms with Crippen molar-refractivity contribution in [2.45, 2.75) is 146 Å². The maximum Gasteiger partial charge on any atom is 0.294 e. The monoisotopic (exact) mass is 1120 g/mol. The Labute approximate surface area is 483 Å². The fourth-order valence-electron chi connectivity index (χ4n) is 13.3. The minimum atomic E-state index is -0.635. The van der Waals surface area contributed by atoms with Gasteiger partial charge in [0.15, 0.2) is 73.7 Å². The third-order valence-corrected chi connectivity index (χ3v) is 23.2. The highest BCUT2D eigenvalue weighted by molar-refractivity contribution is 8.01. The number of nitrogens with zero attached hydrogens (tertiary/aromatic N) is 9. The van der Waals surface area contributed by atoms with E-state index in [0.29, 0.717) is 55.7 Å². The molecule has 14 heterocycles. The number of fused-ring (bicyclic) bond motifs is 6. The van der Waals surface area contributed by atoms with Crippen molar-refractivity contribution in [3.63, 3.8) is 0 Å². The molecular formula is C65H71N9O3S3+4. The van der Waals surface area contributed by atoms with Crippen LogP contribution in [0.25, 0.3) is 44.5 Å². The van der Waals surface area contributed by atoms with E-state index in [1.54, 1.807) is 24.8 Å². The molecule has 8 aromatic rings. The average Bonchev–Trinajstić information content (AvgIpc) is 3.54. The Morgan fingerprint density at radius 1 is 0.362 bits per heavy atom. The van der Waals surface area contributed by atoms with Gasteiger partial charge >= 0.3 is 0 Å². The lowest BCUT2D eigenvalue weighted by molar-refractivity contribution is -0.768. The van der Waals surface area contributed by atoms with Crippen molar-refractivity contribution < 1.29 is 28.2 Å². The molecule has 8 aromatic heterocycles. The fraction of sp³-hybridized carbons (Fsp3) is 0.385. The molecule has 15 heteroatoms. The number of hydrogen-bond donors (Lipinski definition) is 0. The fourth-order valence-corrected chi connectivity index (χ4v) is 18.9. The van der Waals surface area contributed by atoms with E-state index in [1.165, 1.54) is 102 Å². The Morgan fingerprint density at radius 2 is 0.613 bits per heavy atom. The number of aromatic nitrogens is 8. The van der Waals surface area contributed by atoms with Gasteiger partial charge in [-0.25, -0.2) is 18.3 Å². The highest BCUT2D eigenvalue weighted by Crippen LogP contribution is 2.49. The van der Waals surface area contributed by atoms with Gasteiger partial charge in [0.25, 0.3) is 5.09 Å². The van der Waals surface area contributed by atoms with Gasteiger partial charge in [-0.3, -0.25) is 19.9 Å². The van der Waals surface area contributed by atoms with Crippen LogP contribution in [0.2, 0.25) is 0 Å². The molecule has 6 fully saturated rings. The average molecular weight is 1120 g/mol. The Bertz CT molecular complexity index is 3050. The van der Waals surface area contributed by atoms with E-state index >= 15 is 0 Å². The third kappa shape index (κ3) is 12.6. The normalized spacial score (nSPS) is 27.4. The van der Waals surface area contributed by atoms with Crippen LogP contribution in [0.15, 0.2) is 196 Å². The van der Waals surface area contributed by atoms with Crippen molar-refractivity contribution in [2.75, 3.05) is 0 Å². The summed E-state index contributed by atoms with van der Waals surface area (Å²) in [7, 11) is 0. The second-order valence-corrected chi connectivity index (χ2v) is 26.7. The summed E-state index contributed by atoms with van der Waals surface area (Å²) in [6.45, 7) is 2.28. The molecule has 14 rings (SSSR count). The quantitative estimate of drug-likeness (QED) is 0.0744. The highest BCUT2D eigenvalue weighted by Gasteiger charge is 2.48. The van der Waals surface area contributed by atoms with Crippen LogP contribution in [0, 0.1) is 16.0 Å². The standard InChI is InChI=1S/C46H48N6S2.C10H8N2.C9H15NO3S/c1-5-45-41(3-7-43(53-45)39(1)49-25-13-35(14-26-49)33-9-21-47-22-10-33)51-29-17-37(18-30-51)38-19-31-52(32-20-38)42-4-8-44-40(2-6-46(42)54-44)50-27-15-36(16-28-50)34-11-23-48-24-12-34;1-5-11-6-2-9(1)10-3-7-12-8-4-10;1-6-2-4-9-7(13-10(11)12)3-5-8(6)14-9/h9-32,39-46H,1-8H2;1-8H;6-9H,2-5H2,1H3/q+4;;/t;;6-,7-,8-,9-/m..1/s1. The highest BCUT2D eigenvalue weighted by atomic mass is 32.2. The summed E-state index contributed by atoms with van der Waals surface area (Å²) in [6, 6.07) is 37.0. The lowest BCUT2D eigenvalue weighted by Gasteiger charge is -2.41. The zero-order valence-electron chi connectivity index (χ0n) is 45.4. The molecule has 80 heavy (non-hydrogen) atoms. The summed E-state index contributed by atoms with van der Waals surface area (Å²) >= 11 is 6.39. The number of hydrogen-bond acceptors (Lipinski definition) is 10. The predicted molar refractivity (Wildman–Crippen MR) is 318 cm³/mol. The molecule has 0 N–H and O–H groups in total. The van der Waals surface area contributed by atoms with E-state index in [1.807, 2.05) is 60.8 Å². The van der Waals surface area contributed by atoms with Gasteiger partial charge in [0.05, 0.1) is 21.0 Å². The van der Waals surface area contributed by atoms with Gasteiger partial charge in [-0.2, -0.15) is 11.8 Å². The van der Waals surface area contributed by atoms with E-state index in [9.17, 15) is 10.1 Å². The molecule has 0 saturated carbocycles. The number of thioether (sulfide) groups is 3. The second kappa shape index (κ2) is 25.5. The maximum atomic E-state index is 10.3. The topological polar surface area (TPSA) is 119 Å². The van der Waals surface area contributed by atoms with Crippen LogP contribution >= 0.6 is 35.3 Å². The molecular weight excluding hydrogens is 1050 g/mol. The van der Waals surface area contributed by atoms with Gasteiger partial charge in [0.1, 0.15) is 6.10 Å². The summed E-state index contributed by atoms with van der Waals surface area (Å²) in [5.41, 5.74) is 9.93. The van der Waals surface area contributed by atoms with E-state index in [-0.39, 0.29) is 6.10 Å². The predicted octanol–water partition coefficient (Wildman–Crippen LogP) is 12.7. The Morgan fingerprint density at radius 3 is 0.900 bits per heavy atom. The van der Waals surface area contributed by atoms with Crippen LogP contribution in [0.1, 0.15) is 108 Å². The molecule has 12 nitrogen and oxygen atoms in total. The molecule has 408 valence electrons. The first-order chi connectivity index (χ1) is 39.4. The zero-order valence-corrected chi connectivity index (χ0v) is 47.8. The molecule has 6 bridgehead atoms. The Kier molecular flexibility index (Phi) is 17.2. The Balaban J connectivity index is 0.000000199. The molecule has 0 aliphatic carbocycles. The molecule has 0 spiro atoms. The molecule has 12 atom stereocenters. The van der Waals surface area contributed by atoms with E-state index < -0.39 is 5.09 Å². The van der Waals surface area contributed by atoms with Crippen molar-refractivity contribution in [2.24, 2.45) is 5.92 Å². The zero-order chi connectivity index (χ0) is 54.2. The lowest BCUT2D eigenvalue weighted by Crippen LogP contribution is -2.54. The molecule has 0 radical (unpaired) electrons. The molecule has 6 aliphatic heterocycles. The van der Waals surface area contributed by atoms with Gasteiger partial charge in [-0.1, -0.05) is 6.92 Å². The molecule has 8 unspecified atom stereocenters. The van der Waals surface area contributed by atoms with Gasteiger partial charge in [0, 0.05) is 134 Å². The van der Waals surface area contributed by atoms with Crippen LogP contribution in [-0.2, 0) is 4.84 Å². The SMILES string of the molecule is C[C@@H]1CC[C@H]2S[C@@H]1CC[C@H]2O[N+](=O)[O-].c1cc(-c2cc[n+](C3CCC4SC3CCC4[n+]3ccc(-c4cc[n+](C5CCC6SC5CCC6[n+]5ccc(-c6ccncc6)cc5)cc4)cc3)cc2)ccn1.c1cc(-c2ccncc2)ccn1. The number of rotatable bonds is 10. The van der Waals surface area contributed by atoms with Crippen molar-refractivity contribution in [3.05, 3.63) is 206 Å². The van der Waals surface area contributed by atoms with E-state index in [4.69, 9.17) is 4.84 Å². The van der Waals surface area contributed by atoms with Crippen molar-refractivity contribution in [3.8, 4) is 44.5 Å². The van der Waals surface area contributed by atoms with E-state index in [2.05, 4.69) is 191 Å². The van der Waals surface area contributed by atoms with Gasteiger partial charge in [0.2, 0.25) is 0 Å². The van der Waals surface area contributed by atoms with Crippen molar-refractivity contribution in [1.82, 2.24) is 19.9 Å². The van der Waals surface area contributed by atoms with Crippen LogP contribution in [0.3, 0.4) is 0 Å². The van der Waals surface area contributed by atoms with Gasteiger partial charge < -0.3 is 4.84 Å². The first-order valence-electron chi connectivity index (χ1n) is 28.8. The summed E-state index contributed by atoms with van der Waals surface area (Å²) in [4.78, 5) is 31.2. The molecule has 6 aliphatic rings. The molecule has 0 aromatic carbocycles. The summed E-state index contributed by atoms with van der Waals surface area (Å²) in [6.07, 6.45) is 47.3. The third-order valence-electron chi connectivity index (χ3n) is 17.7. The van der Waals surface area contributed by atoms with Crippen LogP contribution in [-0.4, -0.2) is 62.6 Å². The van der Waals surface area contributed by atoms with Gasteiger partial charge in [-0.05, 0) is 150 Å². The smallest absolute Gasteiger partial charge is 0.294 e. The maximum absolute atomic E-state index is 10.3. The van der Waals surface area contributed by atoms with E-state index in [0.717, 1.165) is 25.2 Å². The minimum Gasteiger partial charge on any atom is -0.309 e. The summed E-state index contributed by atoms with van der Waals surface area (Å²) < 4.78 is 9.97. The number of pyridine rings is 8. The van der Waals surface area contributed by atoms with Gasteiger partial charge in [-0.15, -0.1) is 33.6 Å². The Hall–Kier alpha value is -6.55. The molecule has 0 amide bonds. The van der Waals surface area contributed by atoms with Crippen LogP contribution < -0.4 is 18.3 Å². The van der Waals surface area contributed by atoms with Crippen molar-refractivity contribution >= 4 is 35.3 Å². The second-order valence-electron chi connectivity index (χ2n) is 22.3. The summed E-state index contributed by atoms with van der Waals surface area (Å²) in [5.74, 6) is 0.771. The van der Waals surface area contributed by atoms with Crippen LogP contribution in [0.5, 0.6) is 0 Å². The largest absolute Gasteiger partial charge is 0.309 e. The van der Waals surface area contributed by atoms with Crippen molar-refractivity contribution in [1.29, 1.82) is 0 Å². The first kappa shape index (κ1) is 54.1. The minimum absolute atomic E-state index is 0.154.